The van der Waals surface area contributed by atoms with Gasteiger partial charge in [0.25, 0.3) is 5.91 Å². The van der Waals surface area contributed by atoms with Crippen LogP contribution in [0.2, 0.25) is 0 Å². The summed E-state index contributed by atoms with van der Waals surface area (Å²) < 4.78 is 7.01. The van der Waals surface area contributed by atoms with E-state index in [2.05, 4.69) is 25.5 Å². The minimum absolute atomic E-state index is 0.246. The molecule has 0 aliphatic rings. The number of imidazole rings is 1. The predicted octanol–water partition coefficient (Wildman–Crippen LogP) is 1.93. The van der Waals surface area contributed by atoms with Crippen molar-refractivity contribution in [3.05, 3.63) is 54.5 Å². The van der Waals surface area contributed by atoms with Gasteiger partial charge in [-0.1, -0.05) is 0 Å². The number of nitrogens with one attached hydrogen (secondary N) is 1. The van der Waals surface area contributed by atoms with Gasteiger partial charge in [-0.3, -0.25) is 9.20 Å². The number of carbonyl (C=O) groups excluding carboxylic acids is 1. The number of methoxy groups -OCH3 is 1. The molecule has 4 rings (SSSR count). The van der Waals surface area contributed by atoms with Gasteiger partial charge in [0, 0.05) is 18.5 Å². The number of rotatable bonds is 3. The molecule has 0 radical (unpaired) electrons. The molecule has 0 aliphatic carbocycles. The molecule has 0 spiro atoms. The first-order valence-electron chi connectivity index (χ1n) is 7.16. The number of amides is 1. The summed E-state index contributed by atoms with van der Waals surface area (Å²) in [5, 5.41) is 10.2. The fourth-order valence-corrected chi connectivity index (χ4v) is 2.38. The second kappa shape index (κ2) is 5.58. The maximum absolute atomic E-state index is 12.3. The van der Waals surface area contributed by atoms with Crippen LogP contribution in [0.5, 0.6) is 5.75 Å². The number of benzene rings is 1. The maximum atomic E-state index is 12.3. The van der Waals surface area contributed by atoms with Crippen molar-refractivity contribution in [1.82, 2.24) is 24.6 Å². The summed E-state index contributed by atoms with van der Waals surface area (Å²) in [5.74, 6) is 1.14. The van der Waals surface area contributed by atoms with E-state index in [4.69, 9.17) is 4.74 Å². The molecular weight excluding hydrogens is 308 g/mol. The molecule has 1 aromatic carbocycles. The first kappa shape index (κ1) is 14.1. The van der Waals surface area contributed by atoms with Gasteiger partial charge in [0.05, 0.1) is 18.1 Å². The van der Waals surface area contributed by atoms with Gasteiger partial charge < -0.3 is 10.1 Å². The number of nitrogens with zero attached hydrogens (tertiary/aromatic N) is 5. The van der Waals surface area contributed by atoms with Crippen LogP contribution in [-0.4, -0.2) is 37.6 Å². The number of carbonyl (C=O) groups is 1. The normalized spacial score (nSPS) is 10.9. The highest BCUT2D eigenvalue weighted by molar-refractivity contribution is 6.02. The molecule has 0 bridgehead atoms. The van der Waals surface area contributed by atoms with Crippen molar-refractivity contribution in [2.24, 2.45) is 0 Å². The standard InChI is InChI=1S/C16H12N6O2/c1-24-10-4-5-13-12(9-10)19-16-18-11(6-8-22(13)16)15(23)20-14-3-2-7-17-21-14/h2-9H,1H3,(H,20,21,23). The summed E-state index contributed by atoms with van der Waals surface area (Å²) in [4.78, 5) is 21.0. The van der Waals surface area contributed by atoms with E-state index in [1.807, 2.05) is 22.6 Å². The van der Waals surface area contributed by atoms with Crippen LogP contribution in [-0.2, 0) is 0 Å². The second-order valence-corrected chi connectivity index (χ2v) is 5.01. The zero-order chi connectivity index (χ0) is 16.5. The Morgan fingerprint density at radius 1 is 1.21 bits per heavy atom. The maximum Gasteiger partial charge on any atom is 0.275 e. The Kier molecular flexibility index (Phi) is 3.27. The van der Waals surface area contributed by atoms with Gasteiger partial charge in [-0.25, -0.2) is 9.97 Å². The quantitative estimate of drug-likeness (QED) is 0.620. The van der Waals surface area contributed by atoms with E-state index in [1.54, 1.807) is 31.5 Å². The summed E-state index contributed by atoms with van der Waals surface area (Å²) in [6.07, 6.45) is 3.29. The molecule has 3 aromatic heterocycles. The van der Waals surface area contributed by atoms with Crippen molar-refractivity contribution in [2.75, 3.05) is 12.4 Å². The van der Waals surface area contributed by atoms with Crippen molar-refractivity contribution in [3.63, 3.8) is 0 Å². The number of aromatic nitrogens is 5. The molecule has 0 atom stereocenters. The number of fused-ring (bicyclic) bond motifs is 3. The van der Waals surface area contributed by atoms with Crippen molar-refractivity contribution in [3.8, 4) is 5.75 Å². The minimum atomic E-state index is -0.373. The molecule has 1 N–H and O–H groups in total. The zero-order valence-corrected chi connectivity index (χ0v) is 12.7. The lowest BCUT2D eigenvalue weighted by molar-refractivity contribution is 0.102. The zero-order valence-electron chi connectivity index (χ0n) is 12.7. The molecule has 0 aliphatic heterocycles. The smallest absolute Gasteiger partial charge is 0.275 e. The van der Waals surface area contributed by atoms with Crippen LogP contribution in [0.1, 0.15) is 10.5 Å². The molecule has 0 fully saturated rings. The first-order valence-corrected chi connectivity index (χ1v) is 7.16. The number of anilines is 1. The van der Waals surface area contributed by atoms with Crippen molar-refractivity contribution < 1.29 is 9.53 Å². The van der Waals surface area contributed by atoms with E-state index >= 15 is 0 Å². The Labute approximate surface area is 136 Å². The lowest BCUT2D eigenvalue weighted by Crippen LogP contribution is -2.15. The monoisotopic (exact) mass is 320 g/mol. The van der Waals surface area contributed by atoms with Crippen LogP contribution in [0, 0.1) is 0 Å². The minimum Gasteiger partial charge on any atom is -0.497 e. The van der Waals surface area contributed by atoms with Gasteiger partial charge in [-0.15, -0.1) is 5.10 Å². The second-order valence-electron chi connectivity index (χ2n) is 5.01. The molecule has 0 unspecified atom stereocenters. The Morgan fingerprint density at radius 2 is 2.12 bits per heavy atom. The van der Waals surface area contributed by atoms with Crippen LogP contribution in [0.4, 0.5) is 5.82 Å². The van der Waals surface area contributed by atoms with Gasteiger partial charge in [0.1, 0.15) is 11.4 Å². The molecule has 0 saturated heterocycles. The Morgan fingerprint density at radius 3 is 2.92 bits per heavy atom. The van der Waals surface area contributed by atoms with E-state index in [0.29, 0.717) is 17.3 Å². The van der Waals surface area contributed by atoms with Gasteiger partial charge in [-0.05, 0) is 30.3 Å². The fourth-order valence-electron chi connectivity index (χ4n) is 2.38. The average molecular weight is 320 g/mol. The molecule has 4 aromatic rings. The lowest BCUT2D eigenvalue weighted by Gasteiger charge is -2.03. The van der Waals surface area contributed by atoms with Crippen LogP contribution >= 0.6 is 0 Å². The van der Waals surface area contributed by atoms with Gasteiger partial charge in [-0.2, -0.15) is 5.10 Å². The highest BCUT2D eigenvalue weighted by Gasteiger charge is 2.12. The highest BCUT2D eigenvalue weighted by Crippen LogP contribution is 2.21. The lowest BCUT2D eigenvalue weighted by atomic mass is 10.3. The molecule has 3 heterocycles. The van der Waals surface area contributed by atoms with E-state index in [9.17, 15) is 4.79 Å². The summed E-state index contributed by atoms with van der Waals surface area (Å²) >= 11 is 0. The average Bonchev–Trinajstić information content (AvgIpc) is 2.99. The van der Waals surface area contributed by atoms with Gasteiger partial charge in [0.15, 0.2) is 5.82 Å². The molecule has 118 valence electrons. The molecule has 0 saturated carbocycles. The third-order valence-electron chi connectivity index (χ3n) is 3.53. The van der Waals surface area contributed by atoms with E-state index in [0.717, 1.165) is 11.0 Å². The van der Waals surface area contributed by atoms with Crippen LogP contribution in [0.25, 0.3) is 16.8 Å². The van der Waals surface area contributed by atoms with Gasteiger partial charge in [0.2, 0.25) is 5.78 Å². The fraction of sp³-hybridized carbons (Fsp3) is 0.0625. The van der Waals surface area contributed by atoms with Crippen molar-refractivity contribution in [2.45, 2.75) is 0 Å². The molecule has 1 amide bonds. The Balaban J connectivity index is 1.72. The van der Waals surface area contributed by atoms with Crippen LogP contribution in [0.3, 0.4) is 0 Å². The summed E-state index contributed by atoms with van der Waals surface area (Å²) in [5.41, 5.74) is 1.88. The van der Waals surface area contributed by atoms with Crippen molar-refractivity contribution in [1.29, 1.82) is 0 Å². The molecule has 8 heteroatoms. The topological polar surface area (TPSA) is 94.3 Å². The summed E-state index contributed by atoms with van der Waals surface area (Å²) in [6, 6.07) is 10.5. The van der Waals surface area contributed by atoms with Gasteiger partial charge >= 0.3 is 0 Å². The summed E-state index contributed by atoms with van der Waals surface area (Å²) in [6.45, 7) is 0. The SMILES string of the molecule is COc1ccc2c(c1)nc1nc(C(=O)Nc3cccnn3)ccn12. The predicted molar refractivity (Wildman–Crippen MR) is 87.0 cm³/mol. The summed E-state index contributed by atoms with van der Waals surface area (Å²) in [7, 11) is 1.60. The van der Waals surface area contributed by atoms with E-state index in [-0.39, 0.29) is 11.6 Å². The van der Waals surface area contributed by atoms with Crippen molar-refractivity contribution >= 4 is 28.5 Å². The molecule has 8 nitrogen and oxygen atoms in total. The number of hydrogen-bond acceptors (Lipinski definition) is 6. The Hall–Kier alpha value is -3.55. The first-order chi connectivity index (χ1) is 11.7. The molecular formula is C16H12N6O2. The number of ether oxygens (including phenoxy) is 1. The van der Waals surface area contributed by atoms with Crippen LogP contribution in [0.15, 0.2) is 48.8 Å². The van der Waals surface area contributed by atoms with E-state index < -0.39 is 0 Å². The Bertz CT molecular complexity index is 1040. The third-order valence-corrected chi connectivity index (χ3v) is 3.53. The highest BCUT2D eigenvalue weighted by atomic mass is 16.5. The van der Waals surface area contributed by atoms with Crippen LogP contribution < -0.4 is 10.1 Å². The van der Waals surface area contributed by atoms with E-state index in [1.165, 1.54) is 6.20 Å². The molecule has 24 heavy (non-hydrogen) atoms. The largest absolute Gasteiger partial charge is 0.497 e. The number of hydrogen-bond donors (Lipinski definition) is 1. The third kappa shape index (κ3) is 2.39.